The van der Waals surface area contributed by atoms with Crippen LogP contribution in [0.2, 0.25) is 0 Å². The Kier molecular flexibility index (Phi) is 6.00. The highest BCUT2D eigenvalue weighted by Gasteiger charge is 2.32. The average molecular weight is 544 g/mol. The monoisotopic (exact) mass is 544 g/mol. The molecule has 1 aromatic heterocycles. The number of rotatable bonds is 5. The van der Waals surface area contributed by atoms with Gasteiger partial charge >= 0.3 is 0 Å². The van der Waals surface area contributed by atoms with E-state index in [-0.39, 0.29) is 11.3 Å². The first-order chi connectivity index (χ1) is 15.4. The maximum Gasteiger partial charge on any atom is 0.297 e. The third kappa shape index (κ3) is 3.77. The molecule has 0 bridgehead atoms. The molecule has 0 radical (unpaired) electrons. The molecule has 3 aromatic rings. The molecule has 0 saturated carbocycles. The Bertz CT molecular complexity index is 1360. The van der Waals surface area contributed by atoms with Crippen LogP contribution in [0.3, 0.4) is 0 Å². The Labute approximate surface area is 198 Å². The molecule has 2 heterocycles. The van der Waals surface area contributed by atoms with E-state index in [4.69, 9.17) is 9.47 Å². The van der Waals surface area contributed by atoms with Crippen molar-refractivity contribution in [3.05, 3.63) is 67.4 Å². The molecule has 1 aliphatic rings. The molecular formula is C23H21IN4O4. The van der Waals surface area contributed by atoms with Crippen molar-refractivity contribution in [2.75, 3.05) is 19.2 Å². The highest BCUT2D eigenvalue weighted by atomic mass is 127. The topological polar surface area (TPSA) is 86.0 Å². The third-order valence-corrected chi connectivity index (χ3v) is 5.77. The minimum atomic E-state index is -0.402. The molecule has 0 N–H and O–H groups in total. The quantitative estimate of drug-likeness (QED) is 0.363. The van der Waals surface area contributed by atoms with Gasteiger partial charge in [0.25, 0.3) is 11.5 Å². The van der Waals surface area contributed by atoms with Crippen LogP contribution in [-0.4, -0.2) is 35.6 Å². The average Bonchev–Trinajstić information content (AvgIpc) is 3.06. The predicted octanol–water partition coefficient (Wildman–Crippen LogP) is 3.52. The second kappa shape index (κ2) is 8.73. The summed E-state index contributed by atoms with van der Waals surface area (Å²) in [5.41, 5.74) is 1.23. The zero-order valence-corrected chi connectivity index (χ0v) is 20.2. The summed E-state index contributed by atoms with van der Waals surface area (Å²) in [5.74, 6) is 1.61. The zero-order chi connectivity index (χ0) is 23.0. The van der Waals surface area contributed by atoms with Crippen molar-refractivity contribution in [3.63, 3.8) is 0 Å². The molecule has 1 amide bonds. The van der Waals surface area contributed by atoms with Crippen LogP contribution in [0.5, 0.6) is 11.5 Å². The first kappa shape index (κ1) is 22.0. The molecule has 4 rings (SSSR count). The summed E-state index contributed by atoms with van der Waals surface area (Å²) in [7, 11) is 3.11. The van der Waals surface area contributed by atoms with Gasteiger partial charge in [-0.25, -0.2) is 9.98 Å². The summed E-state index contributed by atoms with van der Waals surface area (Å²) < 4.78 is 12.8. The molecule has 0 spiro atoms. The van der Waals surface area contributed by atoms with Crippen molar-refractivity contribution in [1.29, 1.82) is 0 Å². The third-order valence-electron chi connectivity index (χ3n) is 5.10. The number of nitrogens with zero attached hydrogens (tertiary/aromatic N) is 4. The van der Waals surface area contributed by atoms with Crippen molar-refractivity contribution in [3.8, 4) is 11.5 Å². The first-order valence-corrected chi connectivity index (χ1v) is 11.0. The number of hydrogen-bond donors (Lipinski definition) is 0. The van der Waals surface area contributed by atoms with Crippen LogP contribution in [0.1, 0.15) is 25.2 Å². The molecule has 32 heavy (non-hydrogen) atoms. The molecule has 2 aromatic carbocycles. The summed E-state index contributed by atoms with van der Waals surface area (Å²) in [4.78, 5) is 35.7. The molecular weight excluding hydrogens is 523 g/mol. The van der Waals surface area contributed by atoms with Gasteiger partial charge in [0.2, 0.25) is 0 Å². The van der Waals surface area contributed by atoms with Gasteiger partial charge < -0.3 is 9.47 Å². The highest BCUT2D eigenvalue weighted by molar-refractivity contribution is 14.1. The van der Waals surface area contributed by atoms with Crippen molar-refractivity contribution in [2.24, 2.45) is 4.99 Å². The highest BCUT2D eigenvalue weighted by Crippen LogP contribution is 2.29. The van der Waals surface area contributed by atoms with Gasteiger partial charge in [-0.05, 0) is 71.5 Å². The number of ether oxygens (including phenoxy) is 2. The summed E-state index contributed by atoms with van der Waals surface area (Å²) in [6.07, 6.45) is 2.13. The molecule has 0 aliphatic carbocycles. The molecule has 9 heteroatoms. The van der Waals surface area contributed by atoms with Gasteiger partial charge in [-0.1, -0.05) is 13.0 Å². The number of methoxy groups -OCH3 is 2. The maximum atomic E-state index is 13.4. The standard InChI is InChI=1S/C23H21IN4O4/c1-5-21-26-17-8-7-15(24)12-16(17)22(29)28(21)27-13(2)25-18(23(27)30)10-14-6-9-19(31-3)20(11-14)32-4/h6-12H,5H2,1-4H3/b18-10-. The molecule has 8 nitrogen and oxygen atoms in total. The minimum absolute atomic E-state index is 0.214. The number of carbonyl (C=O) groups excluding carboxylic acids is 1. The first-order valence-electron chi connectivity index (χ1n) is 9.92. The largest absolute Gasteiger partial charge is 0.493 e. The van der Waals surface area contributed by atoms with Gasteiger partial charge in [0.05, 0.1) is 25.1 Å². The smallest absolute Gasteiger partial charge is 0.297 e. The fourth-order valence-electron chi connectivity index (χ4n) is 3.58. The van der Waals surface area contributed by atoms with Crippen LogP contribution in [0.4, 0.5) is 0 Å². The van der Waals surface area contributed by atoms with Gasteiger partial charge in [-0.2, -0.15) is 9.69 Å². The SMILES string of the molecule is CCc1nc2ccc(I)cc2c(=O)n1N1C(=O)/C(=C/c2ccc(OC)c(OC)c2)N=C1C. The number of hydrogen-bond acceptors (Lipinski definition) is 6. The number of fused-ring (bicyclic) bond motifs is 1. The lowest BCUT2D eigenvalue weighted by Crippen LogP contribution is -2.48. The molecule has 0 fully saturated rings. The normalized spacial score (nSPS) is 14.9. The summed E-state index contributed by atoms with van der Waals surface area (Å²) >= 11 is 2.15. The molecule has 0 atom stereocenters. The van der Waals surface area contributed by atoms with E-state index in [1.54, 1.807) is 51.5 Å². The summed E-state index contributed by atoms with van der Waals surface area (Å²) in [5, 5.41) is 1.74. The molecule has 164 valence electrons. The van der Waals surface area contributed by atoms with Crippen LogP contribution in [0, 0.1) is 3.57 Å². The van der Waals surface area contributed by atoms with E-state index >= 15 is 0 Å². The number of aromatic nitrogens is 2. The number of carbonyl (C=O) groups is 1. The van der Waals surface area contributed by atoms with Crippen LogP contribution in [0.15, 0.2) is 51.9 Å². The Morgan fingerprint density at radius 1 is 1.06 bits per heavy atom. The lowest BCUT2D eigenvalue weighted by Gasteiger charge is -2.21. The second-order valence-corrected chi connectivity index (χ2v) is 8.33. The number of benzene rings is 2. The van der Waals surface area contributed by atoms with E-state index in [1.807, 2.05) is 19.1 Å². The van der Waals surface area contributed by atoms with Gasteiger partial charge in [0, 0.05) is 9.99 Å². The van der Waals surface area contributed by atoms with Gasteiger partial charge in [-0.15, -0.1) is 0 Å². The molecule has 1 aliphatic heterocycles. The number of amidine groups is 1. The zero-order valence-electron chi connectivity index (χ0n) is 18.0. The lowest BCUT2D eigenvalue weighted by molar-refractivity contribution is -0.115. The van der Waals surface area contributed by atoms with Crippen molar-refractivity contribution >= 4 is 51.3 Å². The van der Waals surface area contributed by atoms with Crippen LogP contribution >= 0.6 is 22.6 Å². The summed E-state index contributed by atoms with van der Waals surface area (Å²) in [6.45, 7) is 3.59. The van der Waals surface area contributed by atoms with Crippen LogP contribution in [0.25, 0.3) is 17.0 Å². The number of halogens is 1. The van der Waals surface area contributed by atoms with E-state index in [1.165, 1.54) is 9.69 Å². The lowest BCUT2D eigenvalue weighted by atomic mass is 10.1. The predicted molar refractivity (Wildman–Crippen MR) is 132 cm³/mol. The Hall–Kier alpha value is -3.21. The van der Waals surface area contributed by atoms with E-state index in [0.717, 1.165) is 9.13 Å². The second-order valence-electron chi connectivity index (χ2n) is 7.08. The minimum Gasteiger partial charge on any atom is -0.493 e. The Morgan fingerprint density at radius 3 is 2.50 bits per heavy atom. The molecule has 0 saturated heterocycles. The van der Waals surface area contributed by atoms with Gasteiger partial charge in [0.15, 0.2) is 11.5 Å². The van der Waals surface area contributed by atoms with E-state index in [2.05, 4.69) is 32.6 Å². The number of amides is 1. The summed E-state index contributed by atoms with van der Waals surface area (Å²) in [6, 6.07) is 10.8. The van der Waals surface area contributed by atoms with Crippen LogP contribution < -0.4 is 20.0 Å². The fourth-order valence-corrected chi connectivity index (χ4v) is 4.08. The van der Waals surface area contributed by atoms with Crippen molar-refractivity contribution in [2.45, 2.75) is 20.3 Å². The van der Waals surface area contributed by atoms with E-state index in [9.17, 15) is 9.59 Å². The maximum absolute atomic E-state index is 13.4. The number of aliphatic imine (C=N–C) groups is 1. The number of aryl methyl sites for hydroxylation is 1. The van der Waals surface area contributed by atoms with Crippen LogP contribution in [-0.2, 0) is 11.2 Å². The van der Waals surface area contributed by atoms with Crippen molar-refractivity contribution in [1.82, 2.24) is 9.66 Å². The fraction of sp³-hybridized carbons (Fsp3) is 0.217. The van der Waals surface area contributed by atoms with Crippen molar-refractivity contribution < 1.29 is 14.3 Å². The Morgan fingerprint density at radius 2 is 1.81 bits per heavy atom. The van der Waals surface area contributed by atoms with E-state index < -0.39 is 5.91 Å². The van der Waals surface area contributed by atoms with Gasteiger partial charge in [0.1, 0.15) is 17.4 Å². The Balaban J connectivity index is 1.81. The molecule has 0 unspecified atom stereocenters. The van der Waals surface area contributed by atoms with Gasteiger partial charge in [-0.3, -0.25) is 9.59 Å². The van der Waals surface area contributed by atoms with E-state index in [0.29, 0.717) is 40.5 Å².